The minimum absolute atomic E-state index is 0.0543. The highest BCUT2D eigenvalue weighted by molar-refractivity contribution is 7.47. The average Bonchev–Trinajstić information content (AvgIpc) is 3.10. The van der Waals surface area contributed by atoms with Crippen molar-refractivity contribution >= 4 is 13.7 Å². The zero-order valence-electron chi connectivity index (χ0n) is 35.3. The van der Waals surface area contributed by atoms with Crippen molar-refractivity contribution in [3.63, 3.8) is 0 Å². The summed E-state index contributed by atoms with van der Waals surface area (Å²) in [5, 5.41) is 13.8. The van der Waals surface area contributed by atoms with E-state index in [0.717, 1.165) is 64.2 Å². The van der Waals surface area contributed by atoms with Crippen LogP contribution in [0.1, 0.15) is 187 Å². The lowest BCUT2D eigenvalue weighted by Crippen LogP contribution is -2.45. The lowest BCUT2D eigenvalue weighted by Gasteiger charge is -2.25. The zero-order valence-corrected chi connectivity index (χ0v) is 36.1. The summed E-state index contributed by atoms with van der Waals surface area (Å²) in [6.07, 6.45) is 43.7. The Morgan fingerprint density at radius 1 is 0.623 bits per heavy atom. The summed E-state index contributed by atoms with van der Waals surface area (Å²) in [6.45, 7) is 4.71. The molecule has 0 aliphatic carbocycles. The van der Waals surface area contributed by atoms with Gasteiger partial charge in [0.2, 0.25) is 5.91 Å². The van der Waals surface area contributed by atoms with Crippen LogP contribution in [0.25, 0.3) is 0 Å². The molecule has 0 radical (unpaired) electrons. The maximum atomic E-state index is 12.8. The number of nitrogens with zero attached hydrogens (tertiary/aromatic N) is 1. The molecule has 0 aliphatic rings. The molecule has 0 aromatic heterocycles. The van der Waals surface area contributed by atoms with E-state index in [9.17, 15) is 19.4 Å². The van der Waals surface area contributed by atoms with Gasteiger partial charge in [0, 0.05) is 6.42 Å². The first-order valence-electron chi connectivity index (χ1n) is 21.9. The number of allylic oxidation sites excluding steroid dienone is 5. The Kier molecular flexibility index (Phi) is 35.5. The van der Waals surface area contributed by atoms with Gasteiger partial charge in [-0.05, 0) is 51.4 Å². The Labute approximate surface area is 327 Å². The number of amides is 1. The number of rotatable bonds is 39. The van der Waals surface area contributed by atoms with E-state index in [4.69, 9.17) is 9.05 Å². The predicted molar refractivity (Wildman–Crippen MR) is 226 cm³/mol. The normalized spacial score (nSPS) is 14.8. The fourth-order valence-electron chi connectivity index (χ4n) is 6.06. The molecular weight excluding hydrogens is 683 g/mol. The molecule has 0 heterocycles. The van der Waals surface area contributed by atoms with Gasteiger partial charge in [0.25, 0.3) is 0 Å². The number of quaternary nitrogens is 1. The monoisotopic (exact) mass is 770 g/mol. The second-order valence-corrected chi connectivity index (χ2v) is 17.5. The van der Waals surface area contributed by atoms with Crippen molar-refractivity contribution in [2.45, 2.75) is 199 Å². The third-order valence-corrected chi connectivity index (χ3v) is 10.5. The Bertz CT molecular complexity index is 964. The number of unbranched alkanes of at least 4 members (excludes halogenated alkanes) is 22. The minimum Gasteiger partial charge on any atom is -0.387 e. The van der Waals surface area contributed by atoms with Crippen LogP contribution in [0.3, 0.4) is 0 Å². The summed E-state index contributed by atoms with van der Waals surface area (Å²) in [4.78, 5) is 23.0. The van der Waals surface area contributed by atoms with Gasteiger partial charge in [-0.3, -0.25) is 13.8 Å². The highest BCUT2D eigenvalue weighted by atomic mass is 31.2. The molecule has 0 bridgehead atoms. The van der Waals surface area contributed by atoms with Gasteiger partial charge >= 0.3 is 7.82 Å². The topological polar surface area (TPSA) is 105 Å². The van der Waals surface area contributed by atoms with Gasteiger partial charge in [0.15, 0.2) is 0 Å². The van der Waals surface area contributed by atoms with Gasteiger partial charge in [-0.2, -0.15) is 0 Å². The number of hydrogen-bond acceptors (Lipinski definition) is 5. The quantitative estimate of drug-likeness (QED) is 0.0249. The SMILES string of the molecule is CCC/C=C\CCCCCCCC(=O)NC(COP(=O)(O)OCC[N+](C)(C)C)C(O)/C=C/CC/C=C/CCCCCCCCCCCCCCCCC. The van der Waals surface area contributed by atoms with Crippen molar-refractivity contribution in [1.29, 1.82) is 0 Å². The summed E-state index contributed by atoms with van der Waals surface area (Å²) < 4.78 is 23.5. The van der Waals surface area contributed by atoms with Crippen LogP contribution in [0, 0.1) is 0 Å². The smallest absolute Gasteiger partial charge is 0.387 e. The van der Waals surface area contributed by atoms with Gasteiger partial charge in [-0.25, -0.2) is 4.57 Å². The van der Waals surface area contributed by atoms with Crippen molar-refractivity contribution in [1.82, 2.24) is 5.32 Å². The zero-order chi connectivity index (χ0) is 39.3. The molecule has 0 rings (SSSR count). The highest BCUT2D eigenvalue weighted by Gasteiger charge is 2.27. The lowest BCUT2D eigenvalue weighted by atomic mass is 10.0. The molecule has 0 saturated heterocycles. The van der Waals surface area contributed by atoms with Crippen LogP contribution < -0.4 is 5.32 Å². The molecule has 0 saturated carbocycles. The fraction of sp³-hybridized carbons (Fsp3) is 0.841. The van der Waals surface area contributed by atoms with E-state index < -0.39 is 20.0 Å². The molecule has 0 fully saturated rings. The second kappa shape index (κ2) is 36.4. The number of phosphoric ester groups is 1. The van der Waals surface area contributed by atoms with E-state index in [-0.39, 0.29) is 19.1 Å². The number of carbonyl (C=O) groups excluding carboxylic acids is 1. The van der Waals surface area contributed by atoms with E-state index in [1.807, 2.05) is 27.2 Å². The summed E-state index contributed by atoms with van der Waals surface area (Å²) >= 11 is 0. The summed E-state index contributed by atoms with van der Waals surface area (Å²) in [7, 11) is 1.55. The van der Waals surface area contributed by atoms with E-state index >= 15 is 0 Å². The van der Waals surface area contributed by atoms with Crippen LogP contribution >= 0.6 is 7.82 Å². The third-order valence-electron chi connectivity index (χ3n) is 9.56. The molecule has 9 heteroatoms. The van der Waals surface area contributed by atoms with Crippen molar-refractivity contribution in [3.05, 3.63) is 36.5 Å². The maximum Gasteiger partial charge on any atom is 0.472 e. The molecular formula is C44H86N2O6P+. The molecule has 0 aliphatic heterocycles. The number of aliphatic hydroxyl groups is 1. The Balaban J connectivity index is 4.40. The summed E-state index contributed by atoms with van der Waals surface area (Å²) in [5.41, 5.74) is 0. The van der Waals surface area contributed by atoms with Crippen LogP contribution in [0.4, 0.5) is 0 Å². The Hall–Kier alpha value is -1.28. The van der Waals surface area contributed by atoms with Crippen molar-refractivity contribution in [2.24, 2.45) is 0 Å². The number of nitrogens with one attached hydrogen (secondary N) is 1. The molecule has 0 aromatic carbocycles. The molecule has 3 N–H and O–H groups in total. The fourth-order valence-corrected chi connectivity index (χ4v) is 6.79. The van der Waals surface area contributed by atoms with Gasteiger partial charge in [-0.15, -0.1) is 0 Å². The Morgan fingerprint density at radius 3 is 1.58 bits per heavy atom. The summed E-state index contributed by atoms with van der Waals surface area (Å²) in [5.74, 6) is -0.200. The van der Waals surface area contributed by atoms with Crippen molar-refractivity contribution in [3.8, 4) is 0 Å². The molecule has 1 amide bonds. The first-order chi connectivity index (χ1) is 25.5. The molecule has 312 valence electrons. The van der Waals surface area contributed by atoms with Crippen molar-refractivity contribution in [2.75, 3.05) is 40.9 Å². The van der Waals surface area contributed by atoms with Crippen LogP contribution in [0.15, 0.2) is 36.5 Å². The minimum atomic E-state index is -4.34. The van der Waals surface area contributed by atoms with Crippen LogP contribution in [0.5, 0.6) is 0 Å². The molecule has 3 atom stereocenters. The molecule has 53 heavy (non-hydrogen) atoms. The van der Waals surface area contributed by atoms with E-state index in [1.54, 1.807) is 6.08 Å². The molecule has 8 nitrogen and oxygen atoms in total. The number of carbonyl (C=O) groups is 1. The van der Waals surface area contributed by atoms with E-state index in [1.165, 1.54) is 103 Å². The first-order valence-corrected chi connectivity index (χ1v) is 23.4. The van der Waals surface area contributed by atoms with Gasteiger partial charge in [0.1, 0.15) is 13.2 Å². The summed E-state index contributed by atoms with van der Waals surface area (Å²) in [6, 6.07) is -0.864. The van der Waals surface area contributed by atoms with Crippen LogP contribution in [-0.4, -0.2) is 73.4 Å². The van der Waals surface area contributed by atoms with Crippen LogP contribution in [-0.2, 0) is 18.4 Å². The van der Waals surface area contributed by atoms with Crippen LogP contribution in [0.2, 0.25) is 0 Å². The second-order valence-electron chi connectivity index (χ2n) is 16.1. The van der Waals surface area contributed by atoms with E-state index in [2.05, 4.69) is 43.5 Å². The lowest BCUT2D eigenvalue weighted by molar-refractivity contribution is -0.870. The number of phosphoric acid groups is 1. The van der Waals surface area contributed by atoms with Gasteiger partial charge < -0.3 is 19.8 Å². The van der Waals surface area contributed by atoms with Crippen molar-refractivity contribution < 1.29 is 32.9 Å². The number of likely N-dealkylation sites (N-methyl/N-ethyl adjacent to an activating group) is 1. The number of hydrogen-bond donors (Lipinski definition) is 3. The van der Waals surface area contributed by atoms with E-state index in [0.29, 0.717) is 17.4 Å². The molecule has 3 unspecified atom stereocenters. The highest BCUT2D eigenvalue weighted by Crippen LogP contribution is 2.43. The molecule has 0 aromatic rings. The van der Waals surface area contributed by atoms with Gasteiger partial charge in [0.05, 0.1) is 39.9 Å². The predicted octanol–water partition coefficient (Wildman–Crippen LogP) is 11.9. The number of aliphatic hydroxyl groups excluding tert-OH is 1. The Morgan fingerprint density at radius 2 is 1.08 bits per heavy atom. The van der Waals surface area contributed by atoms with Gasteiger partial charge in [-0.1, -0.05) is 166 Å². The largest absolute Gasteiger partial charge is 0.472 e. The maximum absolute atomic E-state index is 12.8. The average molecular weight is 770 g/mol. The third kappa shape index (κ3) is 38.8. The molecule has 0 spiro atoms. The standard InChI is InChI=1S/C44H85N2O6P/c1-6-8-10-12-14-16-18-19-20-21-22-23-24-25-26-27-28-29-31-33-35-37-43(47)42(41-52-53(49,50)51-40-39-46(3,4)5)45-44(48)38-36-34-32-30-17-15-13-11-9-7-2/h11,13,28-29,35,37,42-43,47H,6-10,12,14-27,30-34,36,38-41H2,1-5H3,(H-,45,48,49,50)/p+1/b13-11-,29-28+,37-35+. The first kappa shape index (κ1) is 51.7.